The Kier molecular flexibility index (Phi) is 18.8. The third kappa shape index (κ3) is 15.5. The van der Waals surface area contributed by atoms with E-state index >= 15 is 0 Å². The van der Waals surface area contributed by atoms with Crippen LogP contribution < -0.4 is 10.6 Å². The number of hydrogen-bond donors (Lipinski definition) is 2. The van der Waals surface area contributed by atoms with Gasteiger partial charge in [0.2, 0.25) is 5.91 Å². The second kappa shape index (κ2) is 23.0. The molecule has 0 fully saturated rings. The molecule has 1 aliphatic carbocycles. The number of rotatable bonds is 25. The number of methoxy groups -OCH3 is 1. The molecule has 3 rings (SSSR count). The Morgan fingerprint density at radius 1 is 0.700 bits per heavy atom. The molecular formula is C37H54N2O11. The Morgan fingerprint density at radius 3 is 1.68 bits per heavy atom. The molecule has 0 radical (unpaired) electrons. The fraction of sp³-hybridized carbons (Fsp3) is 0.595. The normalized spacial score (nSPS) is 13.0. The number of benzene rings is 2. The van der Waals surface area contributed by atoms with Crippen molar-refractivity contribution in [3.05, 3.63) is 59.7 Å². The second-order valence-corrected chi connectivity index (χ2v) is 12.5. The summed E-state index contributed by atoms with van der Waals surface area (Å²) in [6.07, 6.45) is -0.726. The molecular weight excluding hydrogens is 648 g/mol. The summed E-state index contributed by atoms with van der Waals surface area (Å²) in [5.41, 5.74) is 3.62. The molecule has 13 heteroatoms. The van der Waals surface area contributed by atoms with Crippen LogP contribution in [0.4, 0.5) is 4.79 Å². The van der Waals surface area contributed by atoms with Crippen molar-refractivity contribution >= 4 is 18.0 Å². The van der Waals surface area contributed by atoms with Crippen molar-refractivity contribution in [3.63, 3.8) is 0 Å². The van der Waals surface area contributed by atoms with E-state index in [1.54, 1.807) is 27.9 Å². The number of alkyl carbamates (subject to hydrolysis) is 1. The lowest BCUT2D eigenvalue weighted by Gasteiger charge is -2.24. The van der Waals surface area contributed by atoms with E-state index in [1.807, 2.05) is 36.4 Å². The Balaban J connectivity index is 1.28. The molecule has 0 heterocycles. The third-order valence-corrected chi connectivity index (χ3v) is 7.48. The number of amides is 2. The van der Waals surface area contributed by atoms with Crippen molar-refractivity contribution in [1.82, 2.24) is 10.6 Å². The molecule has 50 heavy (non-hydrogen) atoms. The molecule has 2 N–H and O–H groups in total. The molecule has 13 nitrogen and oxygen atoms in total. The summed E-state index contributed by atoms with van der Waals surface area (Å²) >= 11 is 0. The molecule has 0 aromatic heterocycles. The summed E-state index contributed by atoms with van der Waals surface area (Å²) in [7, 11) is 1.63. The van der Waals surface area contributed by atoms with Crippen LogP contribution in [0.15, 0.2) is 48.5 Å². The van der Waals surface area contributed by atoms with Crippen LogP contribution in [0.1, 0.15) is 50.7 Å². The van der Waals surface area contributed by atoms with Gasteiger partial charge in [-0.05, 0) is 49.4 Å². The first-order valence-corrected chi connectivity index (χ1v) is 17.2. The number of hydrogen-bond acceptors (Lipinski definition) is 11. The highest BCUT2D eigenvalue weighted by atomic mass is 16.6. The van der Waals surface area contributed by atoms with Crippen molar-refractivity contribution in [2.24, 2.45) is 0 Å². The van der Waals surface area contributed by atoms with Gasteiger partial charge in [-0.1, -0.05) is 48.5 Å². The van der Waals surface area contributed by atoms with Gasteiger partial charge in [0.25, 0.3) is 0 Å². The lowest BCUT2D eigenvalue weighted by atomic mass is 9.98. The molecule has 0 unspecified atom stereocenters. The van der Waals surface area contributed by atoms with E-state index in [0.717, 1.165) is 22.3 Å². The number of carbonyl (C=O) groups excluding carboxylic acids is 3. The predicted octanol–water partition coefficient (Wildman–Crippen LogP) is 3.86. The zero-order chi connectivity index (χ0) is 36.0. The monoisotopic (exact) mass is 702 g/mol. The topological polar surface area (TPSA) is 149 Å². The van der Waals surface area contributed by atoms with Crippen LogP contribution >= 0.6 is 0 Å². The summed E-state index contributed by atoms with van der Waals surface area (Å²) < 4.78 is 43.2. The van der Waals surface area contributed by atoms with Crippen molar-refractivity contribution in [2.75, 3.05) is 92.9 Å². The van der Waals surface area contributed by atoms with Gasteiger partial charge in [0.15, 0.2) is 0 Å². The van der Waals surface area contributed by atoms with Crippen LogP contribution in [-0.2, 0) is 47.5 Å². The quantitative estimate of drug-likeness (QED) is 0.115. The predicted molar refractivity (Wildman–Crippen MR) is 186 cm³/mol. The summed E-state index contributed by atoms with van der Waals surface area (Å²) in [5, 5.41) is 5.38. The summed E-state index contributed by atoms with van der Waals surface area (Å²) in [6.45, 7) is 10.7. The largest absolute Gasteiger partial charge is 0.458 e. The molecule has 0 spiro atoms. The molecule has 1 atom stereocenters. The number of nitrogens with one attached hydrogen (secondary N) is 2. The molecule has 0 aliphatic heterocycles. The first kappa shape index (κ1) is 40.8. The average Bonchev–Trinajstić information content (AvgIpc) is 3.41. The van der Waals surface area contributed by atoms with Gasteiger partial charge in [-0.2, -0.15) is 0 Å². The van der Waals surface area contributed by atoms with E-state index in [0.29, 0.717) is 72.7 Å². The lowest BCUT2D eigenvalue weighted by Crippen LogP contribution is -2.45. The molecule has 2 amide bonds. The summed E-state index contributed by atoms with van der Waals surface area (Å²) in [5.74, 6) is -1.05. The Labute approximate surface area is 295 Å². The second-order valence-electron chi connectivity index (χ2n) is 12.5. The van der Waals surface area contributed by atoms with Crippen molar-refractivity contribution in [2.45, 2.75) is 51.2 Å². The van der Waals surface area contributed by atoms with Gasteiger partial charge in [0.1, 0.15) is 18.2 Å². The van der Waals surface area contributed by atoms with E-state index in [1.165, 1.54) is 0 Å². The highest BCUT2D eigenvalue weighted by Crippen LogP contribution is 2.44. The molecule has 2 aromatic rings. The zero-order valence-corrected chi connectivity index (χ0v) is 29.9. The molecule has 1 aliphatic rings. The van der Waals surface area contributed by atoms with Gasteiger partial charge in [0.05, 0.1) is 72.7 Å². The molecule has 278 valence electrons. The van der Waals surface area contributed by atoms with E-state index < -0.39 is 23.7 Å². The zero-order valence-electron chi connectivity index (χ0n) is 29.9. The van der Waals surface area contributed by atoms with Crippen LogP contribution in [-0.4, -0.2) is 123 Å². The molecule has 0 saturated carbocycles. The highest BCUT2D eigenvalue weighted by molar-refractivity contribution is 5.83. The fourth-order valence-corrected chi connectivity index (χ4v) is 5.15. The van der Waals surface area contributed by atoms with E-state index in [4.69, 9.17) is 37.9 Å². The fourth-order valence-electron chi connectivity index (χ4n) is 5.15. The number of carbonyl (C=O) groups is 3. The summed E-state index contributed by atoms with van der Waals surface area (Å²) in [4.78, 5) is 38.4. The van der Waals surface area contributed by atoms with Crippen molar-refractivity contribution in [3.8, 4) is 11.1 Å². The van der Waals surface area contributed by atoms with Gasteiger partial charge in [-0.25, -0.2) is 9.59 Å². The SMILES string of the molecule is COCCOCCOCCOCCOCCOCCNC(=O)CC[C@H](NC(=O)OCC1c2ccccc2-c2ccccc21)C(=O)OC(C)(C)C. The van der Waals surface area contributed by atoms with Crippen LogP contribution in [0.5, 0.6) is 0 Å². The number of ether oxygens (including phenoxy) is 8. The van der Waals surface area contributed by atoms with Gasteiger partial charge in [-0.3, -0.25) is 4.79 Å². The van der Waals surface area contributed by atoms with Gasteiger partial charge in [-0.15, -0.1) is 0 Å². The standard InChI is InChI=1S/C37H54N2O11/c1-37(2,3)50-35(41)33(39-36(42)49-27-32-30-11-7-5-9-28(30)29-10-6-8-12-31(29)32)13-14-34(40)38-15-16-44-19-20-46-23-24-48-26-25-47-22-21-45-18-17-43-4/h5-12,32-33H,13-27H2,1-4H3,(H,38,40)(H,39,42)/t33-/m0/s1. The minimum absolute atomic E-state index is 0.0100. The molecule has 2 aromatic carbocycles. The van der Waals surface area contributed by atoms with Crippen LogP contribution in [0, 0.1) is 0 Å². The average molecular weight is 703 g/mol. The third-order valence-electron chi connectivity index (χ3n) is 7.48. The summed E-state index contributed by atoms with van der Waals surface area (Å²) in [6, 6.07) is 15.0. The first-order chi connectivity index (χ1) is 24.2. The number of esters is 1. The Bertz CT molecular complexity index is 1250. The van der Waals surface area contributed by atoms with E-state index in [9.17, 15) is 14.4 Å². The lowest BCUT2D eigenvalue weighted by molar-refractivity contribution is -0.157. The van der Waals surface area contributed by atoms with Crippen molar-refractivity contribution < 1.29 is 52.3 Å². The maximum Gasteiger partial charge on any atom is 0.407 e. The Morgan fingerprint density at radius 2 is 1.18 bits per heavy atom. The van der Waals surface area contributed by atoms with Crippen molar-refractivity contribution in [1.29, 1.82) is 0 Å². The van der Waals surface area contributed by atoms with Gasteiger partial charge < -0.3 is 48.5 Å². The van der Waals surface area contributed by atoms with Crippen LogP contribution in [0.3, 0.4) is 0 Å². The van der Waals surface area contributed by atoms with Crippen LogP contribution in [0.25, 0.3) is 11.1 Å². The maximum atomic E-state index is 13.0. The van der Waals surface area contributed by atoms with E-state index in [2.05, 4.69) is 22.8 Å². The first-order valence-electron chi connectivity index (χ1n) is 17.2. The Hall–Kier alpha value is -3.59. The van der Waals surface area contributed by atoms with Crippen LogP contribution in [0.2, 0.25) is 0 Å². The van der Waals surface area contributed by atoms with Gasteiger partial charge >= 0.3 is 12.1 Å². The minimum Gasteiger partial charge on any atom is -0.458 e. The van der Waals surface area contributed by atoms with E-state index in [-0.39, 0.29) is 37.8 Å². The highest BCUT2D eigenvalue weighted by Gasteiger charge is 2.31. The minimum atomic E-state index is -1.06. The smallest absolute Gasteiger partial charge is 0.407 e. The van der Waals surface area contributed by atoms with Gasteiger partial charge in [0, 0.05) is 26.0 Å². The molecule has 0 saturated heterocycles. The molecule has 0 bridgehead atoms. The maximum absolute atomic E-state index is 13.0. The number of fused-ring (bicyclic) bond motifs is 3.